The summed E-state index contributed by atoms with van der Waals surface area (Å²) in [6, 6.07) is 0. The smallest absolute Gasteiger partial charge is 0.353 e. The molecule has 0 bridgehead atoms. The summed E-state index contributed by atoms with van der Waals surface area (Å²) in [6.07, 6.45) is 7.48. The zero-order valence-electron chi connectivity index (χ0n) is 8.64. The molecular formula is C11H10NO3S. The van der Waals surface area contributed by atoms with Crippen molar-refractivity contribution >= 4 is 17.3 Å². The molecule has 1 heterocycles. The van der Waals surface area contributed by atoms with Crippen LogP contribution in [0.3, 0.4) is 0 Å². The fraction of sp³-hybridized carbons (Fsp3) is 0.182. The van der Waals surface area contributed by atoms with E-state index in [2.05, 4.69) is 4.98 Å². The summed E-state index contributed by atoms with van der Waals surface area (Å²) in [6.45, 7) is 2.00. The van der Waals surface area contributed by atoms with E-state index in [4.69, 9.17) is 4.74 Å². The van der Waals surface area contributed by atoms with Crippen LogP contribution < -0.4 is 0 Å². The maximum Gasteiger partial charge on any atom is 0.353 e. The first-order valence-corrected chi connectivity index (χ1v) is 5.63. The van der Waals surface area contributed by atoms with E-state index in [-0.39, 0.29) is 17.4 Å². The third-order valence-corrected chi connectivity index (χ3v) is 3.05. The Morgan fingerprint density at radius 1 is 1.50 bits per heavy atom. The standard InChI is InChI=1S/C11H10NO3S/c1-2-15-11(14)8-9(13)12-10(16-8)7-5-3-4-6-7/h3-6,13H,2H2,1H3. The number of rotatable bonds is 3. The molecule has 0 aromatic carbocycles. The number of esters is 1. The Morgan fingerprint density at radius 2 is 2.19 bits per heavy atom. The predicted octanol–water partition coefficient (Wildman–Crippen LogP) is 1.78. The van der Waals surface area contributed by atoms with E-state index in [1.165, 1.54) is 0 Å². The summed E-state index contributed by atoms with van der Waals surface area (Å²) in [7, 11) is 0. The number of hydrogen-bond donors (Lipinski definition) is 1. The molecule has 0 atom stereocenters. The number of ether oxygens (including phenoxy) is 1. The SMILES string of the molecule is CCOC(=O)c1sc([C]2[CH][CH][CH][CH]2)nc1O. The van der Waals surface area contributed by atoms with Gasteiger partial charge in [-0.25, -0.2) is 9.78 Å². The Morgan fingerprint density at radius 3 is 2.81 bits per heavy atom. The van der Waals surface area contributed by atoms with Gasteiger partial charge < -0.3 is 9.84 Å². The second kappa shape index (κ2) is 4.82. The molecule has 1 saturated carbocycles. The van der Waals surface area contributed by atoms with Crippen LogP contribution in [-0.4, -0.2) is 22.7 Å². The number of carbonyl (C=O) groups is 1. The van der Waals surface area contributed by atoms with Crippen LogP contribution in [0.1, 0.15) is 21.6 Å². The van der Waals surface area contributed by atoms with Crippen molar-refractivity contribution in [3.05, 3.63) is 41.5 Å². The molecule has 0 aliphatic heterocycles. The van der Waals surface area contributed by atoms with Gasteiger partial charge in [-0.3, -0.25) is 0 Å². The van der Waals surface area contributed by atoms with E-state index in [0.29, 0.717) is 5.01 Å². The Bertz CT molecular complexity index is 383. The fourth-order valence-electron chi connectivity index (χ4n) is 1.28. The summed E-state index contributed by atoms with van der Waals surface area (Å²) in [5.41, 5.74) is 0. The molecule has 83 valence electrons. The Labute approximate surface area is 98.3 Å². The minimum atomic E-state index is -0.532. The lowest BCUT2D eigenvalue weighted by molar-refractivity contribution is 0.0528. The molecule has 1 N–H and O–H groups in total. The monoisotopic (exact) mass is 236 g/mol. The average molecular weight is 236 g/mol. The van der Waals surface area contributed by atoms with Crippen LogP contribution >= 0.6 is 11.3 Å². The lowest BCUT2D eigenvalue weighted by atomic mass is 10.1. The van der Waals surface area contributed by atoms with Crippen molar-refractivity contribution in [2.75, 3.05) is 6.61 Å². The number of aromatic hydroxyl groups is 1. The highest BCUT2D eigenvalue weighted by Crippen LogP contribution is 2.36. The van der Waals surface area contributed by atoms with Crippen LogP contribution in [0.15, 0.2) is 0 Å². The average Bonchev–Trinajstić information content (AvgIpc) is 2.86. The summed E-state index contributed by atoms with van der Waals surface area (Å²) in [5.74, 6) is 0.0887. The van der Waals surface area contributed by atoms with Crippen molar-refractivity contribution in [1.82, 2.24) is 4.98 Å². The molecule has 0 unspecified atom stereocenters. The van der Waals surface area contributed by atoms with E-state index >= 15 is 0 Å². The summed E-state index contributed by atoms with van der Waals surface area (Å²) >= 11 is 1.13. The van der Waals surface area contributed by atoms with Crippen LogP contribution in [-0.2, 0) is 4.74 Å². The van der Waals surface area contributed by atoms with Crippen LogP contribution in [0.2, 0.25) is 0 Å². The number of aromatic nitrogens is 1. The van der Waals surface area contributed by atoms with Gasteiger partial charge in [0.2, 0.25) is 5.88 Å². The van der Waals surface area contributed by atoms with Crippen molar-refractivity contribution in [1.29, 1.82) is 0 Å². The normalized spacial score (nSPS) is 16.6. The van der Waals surface area contributed by atoms with Gasteiger partial charge in [0.15, 0.2) is 4.88 Å². The highest BCUT2D eigenvalue weighted by atomic mass is 32.1. The fourth-order valence-corrected chi connectivity index (χ4v) is 2.14. The predicted molar refractivity (Wildman–Crippen MR) is 59.3 cm³/mol. The zero-order valence-corrected chi connectivity index (χ0v) is 9.45. The maximum absolute atomic E-state index is 11.4. The first-order chi connectivity index (χ1) is 7.72. The van der Waals surface area contributed by atoms with Crippen molar-refractivity contribution in [3.63, 3.8) is 0 Å². The van der Waals surface area contributed by atoms with Gasteiger partial charge in [-0.15, -0.1) is 11.3 Å². The highest BCUT2D eigenvalue weighted by Gasteiger charge is 2.26. The largest absolute Gasteiger partial charge is 0.492 e. The topological polar surface area (TPSA) is 59.4 Å². The summed E-state index contributed by atoms with van der Waals surface area (Å²) in [5, 5.41) is 10.1. The molecule has 1 aromatic heterocycles. The molecule has 0 amide bonds. The van der Waals surface area contributed by atoms with E-state index in [1.807, 2.05) is 25.7 Å². The van der Waals surface area contributed by atoms with Gasteiger partial charge >= 0.3 is 5.97 Å². The van der Waals surface area contributed by atoms with E-state index < -0.39 is 5.97 Å². The van der Waals surface area contributed by atoms with Gasteiger partial charge in [0, 0.05) is 5.92 Å². The van der Waals surface area contributed by atoms with Crippen LogP contribution in [0.25, 0.3) is 0 Å². The summed E-state index contributed by atoms with van der Waals surface area (Å²) < 4.78 is 4.81. The third kappa shape index (κ3) is 2.19. The van der Waals surface area contributed by atoms with Crippen molar-refractivity contribution < 1.29 is 14.6 Å². The van der Waals surface area contributed by atoms with Gasteiger partial charge in [0.25, 0.3) is 0 Å². The molecule has 1 fully saturated rings. The molecule has 16 heavy (non-hydrogen) atoms. The van der Waals surface area contributed by atoms with Crippen LogP contribution in [0, 0.1) is 31.6 Å². The zero-order chi connectivity index (χ0) is 11.5. The molecule has 4 nitrogen and oxygen atoms in total. The first-order valence-electron chi connectivity index (χ1n) is 4.81. The third-order valence-electron chi connectivity index (χ3n) is 1.98. The Hall–Kier alpha value is -1.10. The first kappa shape index (κ1) is 11.4. The van der Waals surface area contributed by atoms with Crippen molar-refractivity contribution in [2.24, 2.45) is 0 Å². The lowest BCUT2D eigenvalue weighted by Gasteiger charge is -2.00. The lowest BCUT2D eigenvalue weighted by Crippen LogP contribution is -2.02. The summed E-state index contributed by atoms with van der Waals surface area (Å²) in [4.78, 5) is 15.5. The Balaban J connectivity index is 2.17. The van der Waals surface area contributed by atoms with Crippen LogP contribution in [0.4, 0.5) is 0 Å². The van der Waals surface area contributed by atoms with Gasteiger partial charge in [-0.1, -0.05) is 0 Å². The molecule has 5 heteroatoms. The van der Waals surface area contributed by atoms with Crippen molar-refractivity contribution in [2.45, 2.75) is 6.92 Å². The van der Waals surface area contributed by atoms with E-state index in [1.54, 1.807) is 6.92 Å². The van der Waals surface area contributed by atoms with Crippen molar-refractivity contribution in [3.8, 4) is 5.88 Å². The molecule has 1 aliphatic carbocycles. The van der Waals surface area contributed by atoms with Gasteiger partial charge in [-0.2, -0.15) is 0 Å². The number of carbonyl (C=O) groups excluding carboxylic acids is 1. The molecule has 0 spiro atoms. The maximum atomic E-state index is 11.4. The van der Waals surface area contributed by atoms with Gasteiger partial charge in [0.05, 0.1) is 6.61 Å². The van der Waals surface area contributed by atoms with Crippen LogP contribution in [0.5, 0.6) is 5.88 Å². The second-order valence-electron chi connectivity index (χ2n) is 3.07. The highest BCUT2D eigenvalue weighted by molar-refractivity contribution is 7.14. The quantitative estimate of drug-likeness (QED) is 0.813. The van der Waals surface area contributed by atoms with Gasteiger partial charge in [0.1, 0.15) is 5.01 Å². The minimum absolute atomic E-state index is 0.151. The second-order valence-corrected chi connectivity index (χ2v) is 4.06. The molecule has 1 aromatic rings. The molecule has 5 radical (unpaired) electrons. The van der Waals surface area contributed by atoms with E-state index in [9.17, 15) is 9.90 Å². The minimum Gasteiger partial charge on any atom is -0.492 e. The molecule has 2 rings (SSSR count). The molecule has 1 aliphatic rings. The molecule has 0 saturated heterocycles. The Kier molecular flexibility index (Phi) is 3.43. The van der Waals surface area contributed by atoms with E-state index in [0.717, 1.165) is 17.3 Å². The number of thiazole rings is 1. The molecular weight excluding hydrogens is 226 g/mol. The number of nitrogens with zero attached hydrogens (tertiary/aromatic N) is 1. The number of hydrogen-bond acceptors (Lipinski definition) is 5. The van der Waals surface area contributed by atoms with Gasteiger partial charge in [-0.05, 0) is 32.6 Å².